The van der Waals surface area contributed by atoms with Crippen LogP contribution in [-0.2, 0) is 11.5 Å². The van der Waals surface area contributed by atoms with Crippen molar-refractivity contribution >= 4 is 30.6 Å². The first-order valence-electron chi connectivity index (χ1n) is 13.3. The summed E-state index contributed by atoms with van der Waals surface area (Å²) in [6.07, 6.45) is 2.12. The summed E-state index contributed by atoms with van der Waals surface area (Å²) in [7, 11) is 0.521. The molecular weight excluding hydrogens is 498 g/mol. The lowest BCUT2D eigenvalue weighted by Gasteiger charge is -2.15. The van der Waals surface area contributed by atoms with E-state index in [0.29, 0.717) is 12.5 Å². The summed E-state index contributed by atoms with van der Waals surface area (Å²) in [5.41, 5.74) is 5.91. The van der Waals surface area contributed by atoms with Gasteiger partial charge in [0.15, 0.2) is 5.82 Å². The average Bonchev–Trinajstić information content (AvgIpc) is 3.32. The predicted molar refractivity (Wildman–Crippen MR) is 164 cm³/mol. The van der Waals surface area contributed by atoms with Gasteiger partial charge in [-0.05, 0) is 24.2 Å². The molecule has 2 aromatic heterocycles. The molecule has 2 heterocycles. The first-order chi connectivity index (χ1) is 18.9. The molecule has 0 aliphatic rings. The highest BCUT2D eigenvalue weighted by molar-refractivity contribution is 6.76. The van der Waals surface area contributed by atoms with Gasteiger partial charge in [0.05, 0.1) is 12.8 Å². The molecule has 0 bridgehead atoms. The van der Waals surface area contributed by atoms with E-state index < -0.39 is 8.07 Å². The second kappa shape index (κ2) is 11.8. The molecule has 0 spiro atoms. The van der Waals surface area contributed by atoms with Crippen LogP contribution in [-0.4, -0.2) is 37.1 Å². The molecule has 0 aliphatic heterocycles. The number of aliphatic imine (C=N–C) groups is 1. The smallest absolute Gasteiger partial charge is 0.155 e. The molecule has 0 fully saturated rings. The van der Waals surface area contributed by atoms with Crippen LogP contribution in [0.25, 0.3) is 22.2 Å². The highest BCUT2D eigenvalue weighted by Gasteiger charge is 2.17. The van der Waals surface area contributed by atoms with Gasteiger partial charge in [0, 0.05) is 48.5 Å². The lowest BCUT2D eigenvalue weighted by Crippen LogP contribution is -2.22. The van der Waals surface area contributed by atoms with Crippen LogP contribution in [0.1, 0.15) is 11.1 Å². The SMILES string of the molecule is COc1ccccc1-c1cn(COCC[Si](C)(C)C)c2nc(N=C(c3ccccc3)c3ccccc3)ccc12. The van der Waals surface area contributed by atoms with Gasteiger partial charge in [-0.1, -0.05) is 98.5 Å². The number of nitrogens with zero attached hydrogens (tertiary/aromatic N) is 3. The largest absolute Gasteiger partial charge is 0.496 e. The molecule has 0 atom stereocenters. The second-order valence-corrected chi connectivity index (χ2v) is 16.4. The molecule has 3 aromatic carbocycles. The molecule has 0 unspecified atom stereocenters. The minimum atomic E-state index is -1.18. The first kappa shape index (κ1) is 26.6. The summed E-state index contributed by atoms with van der Waals surface area (Å²) in [4.78, 5) is 10.1. The Kier molecular flexibility index (Phi) is 8.05. The van der Waals surface area contributed by atoms with Crippen molar-refractivity contribution in [3.8, 4) is 16.9 Å². The van der Waals surface area contributed by atoms with Crippen molar-refractivity contribution in [2.75, 3.05) is 13.7 Å². The van der Waals surface area contributed by atoms with E-state index in [1.165, 1.54) is 0 Å². The number of hydrogen-bond donors (Lipinski definition) is 0. The normalized spacial score (nSPS) is 11.5. The number of ether oxygens (including phenoxy) is 2. The number of benzene rings is 3. The third kappa shape index (κ3) is 6.36. The number of rotatable bonds is 10. The number of pyridine rings is 1. The van der Waals surface area contributed by atoms with Crippen LogP contribution in [0.2, 0.25) is 25.7 Å². The summed E-state index contributed by atoms with van der Waals surface area (Å²) in [5.74, 6) is 1.48. The van der Waals surface area contributed by atoms with Gasteiger partial charge in [-0.2, -0.15) is 0 Å². The highest BCUT2D eigenvalue weighted by Crippen LogP contribution is 2.36. The molecule has 0 N–H and O–H groups in total. The van der Waals surface area contributed by atoms with E-state index in [9.17, 15) is 0 Å². The van der Waals surface area contributed by atoms with Crippen molar-refractivity contribution in [1.29, 1.82) is 0 Å². The van der Waals surface area contributed by atoms with E-state index in [0.717, 1.165) is 57.4 Å². The molecule has 0 saturated carbocycles. The van der Waals surface area contributed by atoms with Gasteiger partial charge in [0.1, 0.15) is 18.1 Å². The Morgan fingerprint density at radius 1 is 0.795 bits per heavy atom. The molecule has 5 aromatic rings. The topological polar surface area (TPSA) is 48.6 Å². The first-order valence-corrected chi connectivity index (χ1v) is 17.0. The number of fused-ring (bicyclic) bond motifs is 1. The molecule has 0 aliphatic carbocycles. The third-order valence-electron chi connectivity index (χ3n) is 6.65. The van der Waals surface area contributed by atoms with Gasteiger partial charge in [-0.3, -0.25) is 0 Å². The van der Waals surface area contributed by atoms with Crippen LogP contribution in [0.3, 0.4) is 0 Å². The summed E-state index contributed by atoms with van der Waals surface area (Å²) < 4.78 is 13.9. The van der Waals surface area contributed by atoms with Crippen molar-refractivity contribution < 1.29 is 9.47 Å². The maximum Gasteiger partial charge on any atom is 0.155 e. The molecule has 0 saturated heterocycles. The lowest BCUT2D eigenvalue weighted by atomic mass is 10.0. The van der Waals surface area contributed by atoms with E-state index >= 15 is 0 Å². The van der Waals surface area contributed by atoms with Gasteiger partial charge >= 0.3 is 0 Å². The van der Waals surface area contributed by atoms with Crippen LogP contribution in [0.15, 0.2) is 108 Å². The average molecular weight is 534 g/mol. The maximum atomic E-state index is 6.16. The van der Waals surface area contributed by atoms with Gasteiger partial charge in [-0.15, -0.1) is 0 Å². The van der Waals surface area contributed by atoms with Crippen LogP contribution >= 0.6 is 0 Å². The van der Waals surface area contributed by atoms with E-state index in [2.05, 4.69) is 66.8 Å². The van der Waals surface area contributed by atoms with E-state index in [4.69, 9.17) is 19.5 Å². The van der Waals surface area contributed by atoms with Crippen molar-refractivity contribution in [3.05, 3.63) is 114 Å². The Morgan fingerprint density at radius 3 is 2.08 bits per heavy atom. The summed E-state index contributed by atoms with van der Waals surface area (Å²) >= 11 is 0. The Labute approximate surface area is 231 Å². The van der Waals surface area contributed by atoms with E-state index in [-0.39, 0.29) is 0 Å². The van der Waals surface area contributed by atoms with Crippen molar-refractivity contribution in [2.45, 2.75) is 32.4 Å². The van der Waals surface area contributed by atoms with Crippen LogP contribution < -0.4 is 4.74 Å². The number of hydrogen-bond acceptors (Lipinski definition) is 4. The van der Waals surface area contributed by atoms with E-state index in [1.807, 2.05) is 60.7 Å². The molecule has 6 heteroatoms. The molecule has 39 heavy (non-hydrogen) atoms. The fraction of sp³-hybridized carbons (Fsp3) is 0.212. The second-order valence-electron chi connectivity index (χ2n) is 10.8. The minimum Gasteiger partial charge on any atom is -0.496 e. The van der Waals surface area contributed by atoms with Crippen LogP contribution in [0, 0.1) is 0 Å². The Bertz CT molecular complexity index is 1530. The molecule has 198 valence electrons. The van der Waals surface area contributed by atoms with Crippen molar-refractivity contribution in [3.63, 3.8) is 0 Å². The predicted octanol–water partition coefficient (Wildman–Crippen LogP) is 8.19. The zero-order valence-corrected chi connectivity index (χ0v) is 24.1. The zero-order chi connectivity index (χ0) is 27.2. The van der Waals surface area contributed by atoms with Crippen molar-refractivity contribution in [1.82, 2.24) is 9.55 Å². The number of aromatic nitrogens is 2. The van der Waals surface area contributed by atoms with Crippen molar-refractivity contribution in [2.24, 2.45) is 4.99 Å². The maximum absolute atomic E-state index is 6.16. The minimum absolute atomic E-state index is 0.431. The molecule has 0 amide bonds. The third-order valence-corrected chi connectivity index (χ3v) is 8.36. The fourth-order valence-corrected chi connectivity index (χ4v) is 5.30. The monoisotopic (exact) mass is 533 g/mol. The molecule has 5 rings (SSSR count). The number of para-hydroxylation sites is 1. The number of methoxy groups -OCH3 is 1. The zero-order valence-electron chi connectivity index (χ0n) is 23.1. The van der Waals surface area contributed by atoms with Crippen LogP contribution in [0.5, 0.6) is 5.75 Å². The van der Waals surface area contributed by atoms with Gasteiger partial charge in [0.25, 0.3) is 0 Å². The Hall–Kier alpha value is -4.00. The quantitative estimate of drug-likeness (QED) is 0.103. The Morgan fingerprint density at radius 2 is 1.44 bits per heavy atom. The van der Waals surface area contributed by atoms with Crippen LogP contribution in [0.4, 0.5) is 5.82 Å². The molecular formula is C33H35N3O2Si. The summed E-state index contributed by atoms with van der Waals surface area (Å²) in [6.45, 7) is 8.27. The van der Waals surface area contributed by atoms with Gasteiger partial charge < -0.3 is 14.0 Å². The fourth-order valence-electron chi connectivity index (χ4n) is 4.54. The van der Waals surface area contributed by atoms with Gasteiger partial charge in [0.2, 0.25) is 0 Å². The molecule has 5 nitrogen and oxygen atoms in total. The standard InChI is InChI=1S/C33H35N3O2Si/c1-37-30-18-12-11-17-27(30)29-23-36(24-38-21-22-39(2,3)4)33-28(29)19-20-31(35-33)34-32(25-13-7-5-8-14-25)26-15-9-6-10-16-26/h5-20,23H,21-22,24H2,1-4H3. The van der Waals surface area contributed by atoms with Gasteiger partial charge in [-0.25, -0.2) is 9.98 Å². The summed E-state index contributed by atoms with van der Waals surface area (Å²) in [5, 5.41) is 1.04. The summed E-state index contributed by atoms with van der Waals surface area (Å²) in [6, 6.07) is 33.8. The van der Waals surface area contributed by atoms with E-state index in [1.54, 1.807) is 7.11 Å². The molecule has 0 radical (unpaired) electrons. The highest BCUT2D eigenvalue weighted by atomic mass is 28.3. The Balaban J connectivity index is 1.60. The lowest BCUT2D eigenvalue weighted by molar-refractivity contribution is 0.0899.